The van der Waals surface area contributed by atoms with Gasteiger partial charge in [-0.1, -0.05) is 42.5 Å². The number of nitrogens with zero attached hydrogens (tertiary/aromatic N) is 3. The average Bonchev–Trinajstić information content (AvgIpc) is 2.80. The van der Waals surface area contributed by atoms with Gasteiger partial charge in [0.15, 0.2) is 0 Å². The molecule has 0 spiro atoms. The molecule has 148 valence electrons. The summed E-state index contributed by atoms with van der Waals surface area (Å²) in [5, 5.41) is 3.20. The molecular weight excluding hydrogens is 368 g/mol. The third-order valence-electron chi connectivity index (χ3n) is 4.70. The second-order valence-electron chi connectivity index (χ2n) is 6.56. The molecule has 0 bridgehead atoms. The van der Waals surface area contributed by atoms with Gasteiger partial charge in [-0.3, -0.25) is 0 Å². The lowest BCUT2D eigenvalue weighted by Crippen LogP contribution is -2.36. The quantitative estimate of drug-likeness (QED) is 0.668. The van der Waals surface area contributed by atoms with E-state index in [0.29, 0.717) is 30.4 Å². The summed E-state index contributed by atoms with van der Waals surface area (Å²) in [5.41, 5.74) is 2.82. The van der Waals surface area contributed by atoms with Gasteiger partial charge in [-0.15, -0.1) is 0 Å². The number of hydrogen-bond acceptors (Lipinski definition) is 7. The molecule has 1 saturated heterocycles. The molecule has 2 heterocycles. The maximum absolute atomic E-state index is 12.1. The molecule has 2 aromatic carbocycles. The number of esters is 1. The lowest BCUT2D eigenvalue weighted by molar-refractivity contribution is 0.0602. The first-order valence-electron chi connectivity index (χ1n) is 9.46. The maximum atomic E-state index is 12.1. The van der Waals surface area contributed by atoms with Crippen molar-refractivity contribution < 1.29 is 14.3 Å². The number of ether oxygens (including phenoxy) is 2. The van der Waals surface area contributed by atoms with E-state index in [2.05, 4.69) is 15.2 Å². The minimum absolute atomic E-state index is 0.416. The Morgan fingerprint density at radius 2 is 1.76 bits per heavy atom. The van der Waals surface area contributed by atoms with E-state index < -0.39 is 5.97 Å². The molecule has 0 unspecified atom stereocenters. The van der Waals surface area contributed by atoms with E-state index in [1.165, 1.54) is 7.11 Å². The number of nitrogens with one attached hydrogen (secondary N) is 1. The molecule has 7 nitrogen and oxygen atoms in total. The van der Waals surface area contributed by atoms with Gasteiger partial charge in [0.2, 0.25) is 5.95 Å². The molecule has 1 N–H and O–H groups in total. The summed E-state index contributed by atoms with van der Waals surface area (Å²) >= 11 is 0. The standard InChI is InChI=1S/C22H22N4O3/c1-28-21(27)17-9-5-6-10-18(17)23-22-24-19(16-7-3-2-4-8-16)15-20(25-22)26-11-13-29-14-12-26/h2-10,15H,11-14H2,1H3,(H,23,24,25). The van der Waals surface area contributed by atoms with Crippen molar-refractivity contribution in [1.82, 2.24) is 9.97 Å². The van der Waals surface area contributed by atoms with Crippen molar-refractivity contribution in [3.8, 4) is 11.3 Å². The number of aromatic nitrogens is 2. The largest absolute Gasteiger partial charge is 0.465 e. The minimum atomic E-state index is -0.416. The molecule has 0 atom stereocenters. The van der Waals surface area contributed by atoms with Crippen LogP contribution in [0, 0.1) is 0 Å². The number of hydrogen-bond donors (Lipinski definition) is 1. The summed E-state index contributed by atoms with van der Waals surface area (Å²) in [6, 6.07) is 19.1. The highest BCUT2D eigenvalue weighted by molar-refractivity contribution is 5.96. The molecule has 1 aromatic heterocycles. The molecule has 0 saturated carbocycles. The predicted molar refractivity (Wildman–Crippen MR) is 112 cm³/mol. The zero-order valence-electron chi connectivity index (χ0n) is 16.2. The second-order valence-corrected chi connectivity index (χ2v) is 6.56. The molecule has 1 aliphatic rings. The Hall–Kier alpha value is -3.45. The van der Waals surface area contributed by atoms with Crippen molar-refractivity contribution in [2.24, 2.45) is 0 Å². The zero-order valence-corrected chi connectivity index (χ0v) is 16.2. The van der Waals surface area contributed by atoms with E-state index in [1.807, 2.05) is 42.5 Å². The first-order chi connectivity index (χ1) is 14.2. The second kappa shape index (κ2) is 8.70. The van der Waals surface area contributed by atoms with E-state index in [9.17, 15) is 4.79 Å². The van der Waals surface area contributed by atoms with Gasteiger partial charge in [-0.2, -0.15) is 4.98 Å². The van der Waals surface area contributed by atoms with Gasteiger partial charge < -0.3 is 19.7 Å². The maximum Gasteiger partial charge on any atom is 0.339 e. The number of carbonyl (C=O) groups excluding carboxylic acids is 1. The molecule has 0 amide bonds. The molecular formula is C22H22N4O3. The van der Waals surface area contributed by atoms with E-state index in [-0.39, 0.29) is 0 Å². The van der Waals surface area contributed by atoms with Gasteiger partial charge >= 0.3 is 5.97 Å². The summed E-state index contributed by atoms with van der Waals surface area (Å²) in [5.74, 6) is 0.824. The average molecular weight is 390 g/mol. The zero-order chi connectivity index (χ0) is 20.1. The monoisotopic (exact) mass is 390 g/mol. The Labute approximate surface area is 169 Å². The molecule has 0 radical (unpaired) electrons. The summed E-state index contributed by atoms with van der Waals surface area (Å²) in [7, 11) is 1.36. The highest BCUT2D eigenvalue weighted by Gasteiger charge is 2.17. The van der Waals surface area contributed by atoms with Crippen LogP contribution in [-0.2, 0) is 9.47 Å². The van der Waals surface area contributed by atoms with Crippen LogP contribution < -0.4 is 10.2 Å². The van der Waals surface area contributed by atoms with Crippen LogP contribution in [0.25, 0.3) is 11.3 Å². The van der Waals surface area contributed by atoms with E-state index >= 15 is 0 Å². The summed E-state index contributed by atoms with van der Waals surface area (Å²) in [4.78, 5) is 23.7. The molecule has 1 aliphatic heterocycles. The van der Waals surface area contributed by atoms with E-state index in [1.54, 1.807) is 18.2 Å². The highest BCUT2D eigenvalue weighted by Crippen LogP contribution is 2.26. The number of anilines is 3. The molecule has 1 fully saturated rings. The van der Waals surface area contributed by atoms with Crippen LogP contribution in [-0.4, -0.2) is 49.4 Å². The van der Waals surface area contributed by atoms with Gasteiger partial charge in [0.05, 0.1) is 37.3 Å². The molecule has 7 heteroatoms. The molecule has 0 aliphatic carbocycles. The van der Waals surface area contributed by atoms with Crippen molar-refractivity contribution in [2.75, 3.05) is 43.6 Å². The van der Waals surface area contributed by atoms with Gasteiger partial charge in [-0.05, 0) is 12.1 Å². The number of benzene rings is 2. The fourth-order valence-electron chi connectivity index (χ4n) is 3.20. The minimum Gasteiger partial charge on any atom is -0.465 e. The van der Waals surface area contributed by atoms with Crippen LogP contribution in [0.2, 0.25) is 0 Å². The molecule has 29 heavy (non-hydrogen) atoms. The SMILES string of the molecule is COC(=O)c1ccccc1Nc1nc(-c2ccccc2)cc(N2CCOCC2)n1. The Kier molecular flexibility index (Phi) is 5.67. The van der Waals surface area contributed by atoms with Crippen molar-refractivity contribution in [3.63, 3.8) is 0 Å². The van der Waals surface area contributed by atoms with Crippen molar-refractivity contribution in [1.29, 1.82) is 0 Å². The van der Waals surface area contributed by atoms with Crippen LogP contribution in [0.4, 0.5) is 17.5 Å². The number of rotatable bonds is 5. The Morgan fingerprint density at radius 1 is 1.03 bits per heavy atom. The fraction of sp³-hybridized carbons (Fsp3) is 0.227. The van der Waals surface area contributed by atoms with Crippen LogP contribution in [0.15, 0.2) is 60.7 Å². The highest BCUT2D eigenvalue weighted by atomic mass is 16.5. The van der Waals surface area contributed by atoms with Crippen LogP contribution in [0.1, 0.15) is 10.4 Å². The van der Waals surface area contributed by atoms with E-state index in [4.69, 9.17) is 14.5 Å². The molecule has 4 rings (SSSR count). The lowest BCUT2D eigenvalue weighted by atomic mass is 10.1. The van der Waals surface area contributed by atoms with E-state index in [0.717, 1.165) is 30.2 Å². The third kappa shape index (κ3) is 4.35. The molecule has 3 aromatic rings. The number of para-hydroxylation sites is 1. The number of morpholine rings is 1. The summed E-state index contributed by atoms with van der Waals surface area (Å²) in [6.45, 7) is 2.87. The number of carbonyl (C=O) groups is 1. The fourth-order valence-corrected chi connectivity index (χ4v) is 3.20. The van der Waals surface area contributed by atoms with Gasteiger partial charge in [-0.25, -0.2) is 9.78 Å². The Morgan fingerprint density at radius 3 is 2.52 bits per heavy atom. The topological polar surface area (TPSA) is 76.6 Å². The van der Waals surface area contributed by atoms with Crippen LogP contribution in [0.3, 0.4) is 0 Å². The summed E-state index contributed by atoms with van der Waals surface area (Å²) < 4.78 is 10.3. The van der Waals surface area contributed by atoms with Crippen LogP contribution >= 0.6 is 0 Å². The number of methoxy groups -OCH3 is 1. The van der Waals surface area contributed by atoms with Gasteiger partial charge in [0, 0.05) is 24.7 Å². The van der Waals surface area contributed by atoms with Crippen molar-refractivity contribution >= 4 is 23.4 Å². The third-order valence-corrected chi connectivity index (χ3v) is 4.70. The van der Waals surface area contributed by atoms with Crippen LogP contribution in [0.5, 0.6) is 0 Å². The Balaban J connectivity index is 1.74. The Bertz CT molecular complexity index is 988. The smallest absolute Gasteiger partial charge is 0.339 e. The van der Waals surface area contributed by atoms with Crippen molar-refractivity contribution in [2.45, 2.75) is 0 Å². The van der Waals surface area contributed by atoms with Crippen molar-refractivity contribution in [3.05, 3.63) is 66.2 Å². The first-order valence-corrected chi connectivity index (χ1v) is 9.46. The normalized spacial score (nSPS) is 13.8. The van der Waals surface area contributed by atoms with Gasteiger partial charge in [0.25, 0.3) is 0 Å². The summed E-state index contributed by atoms with van der Waals surface area (Å²) in [6.07, 6.45) is 0. The van der Waals surface area contributed by atoms with Gasteiger partial charge in [0.1, 0.15) is 5.82 Å². The predicted octanol–water partition coefficient (Wildman–Crippen LogP) is 3.51. The first kappa shape index (κ1) is 18.9. The lowest BCUT2D eigenvalue weighted by Gasteiger charge is -2.28.